The van der Waals surface area contributed by atoms with E-state index in [1.165, 1.54) is 53.3 Å². The molecule has 0 spiro atoms. The summed E-state index contributed by atoms with van der Waals surface area (Å²) in [5.74, 6) is 0. The van der Waals surface area contributed by atoms with Crippen LogP contribution in [0.25, 0.3) is 0 Å². The molecule has 156 valence electrons. The maximum atomic E-state index is 5.95. The molecule has 0 amide bonds. The molecular formula is C23H36N2OS2. The van der Waals surface area contributed by atoms with E-state index in [0.29, 0.717) is 6.04 Å². The SMILES string of the molecule is CCCC(CCN1C2=CCCC=C2SC2=C1C=C(SC)CC2)N(CC)OCC. The molecule has 0 fully saturated rings. The largest absolute Gasteiger partial charge is 0.340 e. The van der Waals surface area contributed by atoms with Crippen molar-refractivity contribution in [3.63, 3.8) is 0 Å². The zero-order chi connectivity index (χ0) is 19.9. The third-order valence-corrected chi connectivity index (χ3v) is 7.77. The van der Waals surface area contributed by atoms with Gasteiger partial charge in [0.1, 0.15) is 0 Å². The summed E-state index contributed by atoms with van der Waals surface area (Å²) in [6.07, 6.45) is 17.8. The second-order valence-corrected chi connectivity index (χ2v) is 9.56. The van der Waals surface area contributed by atoms with Gasteiger partial charge in [-0.15, -0.1) is 11.8 Å². The van der Waals surface area contributed by atoms with Gasteiger partial charge in [0.05, 0.1) is 18.0 Å². The van der Waals surface area contributed by atoms with Crippen LogP contribution in [0.5, 0.6) is 0 Å². The van der Waals surface area contributed by atoms with Crippen LogP contribution in [0.1, 0.15) is 65.7 Å². The van der Waals surface area contributed by atoms with E-state index < -0.39 is 0 Å². The first kappa shape index (κ1) is 22.1. The van der Waals surface area contributed by atoms with Crippen LogP contribution in [-0.4, -0.2) is 42.0 Å². The van der Waals surface area contributed by atoms with E-state index in [9.17, 15) is 0 Å². The van der Waals surface area contributed by atoms with Crippen LogP contribution >= 0.6 is 23.5 Å². The van der Waals surface area contributed by atoms with Gasteiger partial charge in [0, 0.05) is 28.9 Å². The van der Waals surface area contributed by atoms with Gasteiger partial charge in [0.25, 0.3) is 0 Å². The number of rotatable bonds is 10. The van der Waals surface area contributed by atoms with Crippen LogP contribution in [0.15, 0.2) is 44.3 Å². The average Bonchev–Trinajstić information content (AvgIpc) is 2.73. The van der Waals surface area contributed by atoms with Gasteiger partial charge in [0.2, 0.25) is 0 Å². The van der Waals surface area contributed by atoms with Crippen LogP contribution in [0.2, 0.25) is 0 Å². The smallest absolute Gasteiger partial charge is 0.0657 e. The van der Waals surface area contributed by atoms with Crippen molar-refractivity contribution in [2.24, 2.45) is 0 Å². The Bertz CT molecular complexity index is 666. The third kappa shape index (κ3) is 5.10. The van der Waals surface area contributed by atoms with Crippen LogP contribution < -0.4 is 0 Å². The third-order valence-electron chi connectivity index (χ3n) is 5.67. The van der Waals surface area contributed by atoms with Crippen LogP contribution in [0.4, 0.5) is 0 Å². The molecule has 1 atom stereocenters. The second-order valence-electron chi connectivity index (χ2n) is 7.49. The van der Waals surface area contributed by atoms with Gasteiger partial charge in [-0.25, -0.2) is 0 Å². The molecule has 0 aromatic heterocycles. The molecule has 0 radical (unpaired) electrons. The van der Waals surface area contributed by atoms with Gasteiger partial charge < -0.3 is 4.90 Å². The fourth-order valence-electron chi connectivity index (χ4n) is 4.31. The summed E-state index contributed by atoms with van der Waals surface area (Å²) < 4.78 is 0. The molecule has 0 saturated carbocycles. The summed E-state index contributed by atoms with van der Waals surface area (Å²) in [6, 6.07) is 0.484. The molecule has 3 rings (SSSR count). The first-order valence-corrected chi connectivity index (χ1v) is 13.0. The highest BCUT2D eigenvalue weighted by Gasteiger charge is 2.31. The van der Waals surface area contributed by atoms with E-state index in [1.807, 2.05) is 23.5 Å². The lowest BCUT2D eigenvalue weighted by atomic mass is 10.0. The standard InChI is InChI=1S/C23H36N2OS2/c1-5-10-18(25(6-2)26-7-3)15-16-24-20-11-8-9-12-22(20)28-23-14-13-19(27-4)17-21(23)24/h11-12,17-18H,5-10,13-16H2,1-4H3. The van der Waals surface area contributed by atoms with E-state index >= 15 is 0 Å². The lowest BCUT2D eigenvalue weighted by Crippen LogP contribution is -2.39. The van der Waals surface area contributed by atoms with Gasteiger partial charge in [-0.3, -0.25) is 4.84 Å². The molecule has 0 aromatic carbocycles. The molecule has 0 N–H and O–H groups in total. The average molecular weight is 421 g/mol. The van der Waals surface area contributed by atoms with Gasteiger partial charge in [0.15, 0.2) is 0 Å². The van der Waals surface area contributed by atoms with Crippen molar-refractivity contribution in [2.45, 2.75) is 71.8 Å². The van der Waals surface area contributed by atoms with Crippen LogP contribution in [0, 0.1) is 0 Å². The van der Waals surface area contributed by atoms with E-state index in [4.69, 9.17) is 4.84 Å². The molecule has 1 heterocycles. The van der Waals surface area contributed by atoms with Gasteiger partial charge in [-0.2, -0.15) is 5.06 Å². The first-order valence-electron chi connectivity index (χ1n) is 10.9. The second kappa shape index (κ2) is 11.0. The number of allylic oxidation sites excluding steroid dienone is 5. The summed E-state index contributed by atoms with van der Waals surface area (Å²) in [5.41, 5.74) is 2.91. The highest BCUT2D eigenvalue weighted by molar-refractivity contribution is 8.07. The molecule has 0 bridgehead atoms. The Kier molecular flexibility index (Phi) is 8.64. The molecule has 0 saturated heterocycles. The molecule has 2 aliphatic carbocycles. The summed E-state index contributed by atoms with van der Waals surface area (Å²) in [4.78, 5) is 13.1. The highest BCUT2D eigenvalue weighted by atomic mass is 32.2. The Morgan fingerprint density at radius 1 is 1.18 bits per heavy atom. The summed E-state index contributed by atoms with van der Waals surface area (Å²) in [6.45, 7) is 9.34. The number of hydroxylamine groups is 2. The maximum absolute atomic E-state index is 5.95. The lowest BCUT2D eigenvalue weighted by Gasteiger charge is -2.40. The van der Waals surface area contributed by atoms with Crippen molar-refractivity contribution in [3.8, 4) is 0 Å². The minimum Gasteiger partial charge on any atom is -0.340 e. The topological polar surface area (TPSA) is 15.7 Å². The van der Waals surface area contributed by atoms with Crippen LogP contribution in [-0.2, 0) is 4.84 Å². The molecular weight excluding hydrogens is 384 g/mol. The van der Waals surface area contributed by atoms with Crippen molar-refractivity contribution < 1.29 is 4.84 Å². The van der Waals surface area contributed by atoms with E-state index in [1.54, 1.807) is 4.91 Å². The zero-order valence-electron chi connectivity index (χ0n) is 18.0. The Hall–Kier alpha value is -0.620. The summed E-state index contributed by atoms with van der Waals surface area (Å²) in [7, 11) is 0. The summed E-state index contributed by atoms with van der Waals surface area (Å²) >= 11 is 3.93. The molecule has 5 heteroatoms. The monoisotopic (exact) mass is 420 g/mol. The van der Waals surface area contributed by atoms with E-state index in [-0.39, 0.29) is 0 Å². The predicted octanol–water partition coefficient (Wildman–Crippen LogP) is 6.68. The summed E-state index contributed by atoms with van der Waals surface area (Å²) in [5, 5.41) is 2.22. The minimum atomic E-state index is 0.484. The van der Waals surface area contributed by atoms with Crippen molar-refractivity contribution >= 4 is 23.5 Å². The Morgan fingerprint density at radius 2 is 2.00 bits per heavy atom. The number of fused-ring (bicyclic) bond motifs is 1. The fourth-order valence-corrected chi connectivity index (χ4v) is 6.09. The molecule has 1 unspecified atom stereocenters. The molecule has 28 heavy (non-hydrogen) atoms. The Labute approximate surface area is 180 Å². The maximum Gasteiger partial charge on any atom is 0.0657 e. The van der Waals surface area contributed by atoms with E-state index in [2.05, 4.69) is 55.2 Å². The van der Waals surface area contributed by atoms with Gasteiger partial charge >= 0.3 is 0 Å². The predicted molar refractivity (Wildman–Crippen MR) is 125 cm³/mol. The minimum absolute atomic E-state index is 0.484. The van der Waals surface area contributed by atoms with E-state index in [0.717, 1.165) is 32.5 Å². The Balaban J connectivity index is 1.83. The molecule has 3 nitrogen and oxygen atoms in total. The number of thioether (sulfide) groups is 2. The molecule has 3 aliphatic rings. The van der Waals surface area contributed by atoms with Crippen molar-refractivity contribution in [3.05, 3.63) is 44.3 Å². The number of hydrogen-bond acceptors (Lipinski definition) is 5. The normalized spacial score (nSPS) is 20.5. The number of hydrogen-bond donors (Lipinski definition) is 0. The van der Waals surface area contributed by atoms with Crippen molar-refractivity contribution in [1.82, 2.24) is 9.96 Å². The van der Waals surface area contributed by atoms with Crippen LogP contribution in [0.3, 0.4) is 0 Å². The van der Waals surface area contributed by atoms with Crippen molar-refractivity contribution in [2.75, 3.05) is 26.0 Å². The van der Waals surface area contributed by atoms with Gasteiger partial charge in [-0.05, 0) is 62.7 Å². The Morgan fingerprint density at radius 3 is 2.71 bits per heavy atom. The molecule has 1 aliphatic heterocycles. The zero-order valence-corrected chi connectivity index (χ0v) is 19.6. The highest BCUT2D eigenvalue weighted by Crippen LogP contribution is 2.49. The number of nitrogens with zero attached hydrogens (tertiary/aromatic N) is 2. The molecule has 0 aromatic rings. The fraction of sp³-hybridized carbons (Fsp3) is 0.652. The quantitative estimate of drug-likeness (QED) is 0.365. The first-order chi connectivity index (χ1) is 13.7. The lowest BCUT2D eigenvalue weighted by molar-refractivity contribution is -0.183. The van der Waals surface area contributed by atoms with Gasteiger partial charge in [-0.1, -0.05) is 44.2 Å². The van der Waals surface area contributed by atoms with Crippen molar-refractivity contribution in [1.29, 1.82) is 0 Å².